The first-order valence-corrected chi connectivity index (χ1v) is 9.88. The lowest BCUT2D eigenvalue weighted by Gasteiger charge is -2.20. The number of carbonyl (C=O) groups excluding carboxylic acids is 1. The number of aromatic nitrogens is 1. The van der Waals surface area contributed by atoms with Crippen LogP contribution in [0.25, 0.3) is 0 Å². The van der Waals surface area contributed by atoms with Crippen molar-refractivity contribution in [1.29, 1.82) is 0 Å². The number of pyridine rings is 1. The molecule has 1 heterocycles. The fraction of sp³-hybridized carbons (Fsp3) is 0.368. The van der Waals surface area contributed by atoms with Crippen LogP contribution in [0.5, 0.6) is 0 Å². The molecule has 0 saturated heterocycles. The van der Waals surface area contributed by atoms with E-state index < -0.39 is 15.1 Å². The van der Waals surface area contributed by atoms with Gasteiger partial charge in [-0.25, -0.2) is 8.42 Å². The smallest absolute Gasteiger partial charge is 0.220 e. The van der Waals surface area contributed by atoms with Crippen molar-refractivity contribution in [3.05, 3.63) is 59.4 Å². The first-order chi connectivity index (χ1) is 11.9. The van der Waals surface area contributed by atoms with Gasteiger partial charge in [0.2, 0.25) is 5.91 Å². The number of rotatable bonds is 7. The average molecular weight is 360 g/mol. The minimum absolute atomic E-state index is 0.0280. The van der Waals surface area contributed by atoms with Gasteiger partial charge in [0.05, 0.1) is 4.90 Å². The summed E-state index contributed by atoms with van der Waals surface area (Å²) in [5.41, 5.74) is 2.14. The van der Waals surface area contributed by atoms with E-state index >= 15 is 0 Å². The molecule has 2 aromatic rings. The molecule has 1 N–H and O–H groups in total. The number of carbonyl (C=O) groups is 1. The predicted molar refractivity (Wildman–Crippen MR) is 98.0 cm³/mol. The van der Waals surface area contributed by atoms with E-state index in [1.807, 2.05) is 19.9 Å². The van der Waals surface area contributed by atoms with Crippen LogP contribution in [0.3, 0.4) is 0 Å². The van der Waals surface area contributed by atoms with Gasteiger partial charge in [0.25, 0.3) is 0 Å². The Hall–Kier alpha value is -2.21. The van der Waals surface area contributed by atoms with Crippen molar-refractivity contribution in [2.24, 2.45) is 0 Å². The fourth-order valence-electron chi connectivity index (χ4n) is 2.66. The molecule has 0 bridgehead atoms. The van der Waals surface area contributed by atoms with Gasteiger partial charge in [-0.3, -0.25) is 9.78 Å². The molecule has 1 aromatic heterocycles. The van der Waals surface area contributed by atoms with E-state index in [0.29, 0.717) is 28.9 Å². The summed E-state index contributed by atoms with van der Waals surface area (Å²) in [6.07, 6.45) is 4.23. The molecule has 0 aliphatic rings. The molecule has 0 aliphatic carbocycles. The van der Waals surface area contributed by atoms with Crippen molar-refractivity contribution in [3.8, 4) is 0 Å². The molecular weight excluding hydrogens is 336 g/mol. The lowest BCUT2D eigenvalue weighted by atomic mass is 10.2. The van der Waals surface area contributed by atoms with Crippen molar-refractivity contribution in [1.82, 2.24) is 10.3 Å². The number of nitrogens with zero attached hydrogens (tertiary/aromatic N) is 1. The van der Waals surface area contributed by atoms with Crippen LogP contribution >= 0.6 is 0 Å². The molecule has 1 amide bonds. The standard InChI is InChI=1S/C19H24N2O3S/c1-4-6-19(22)21-13-18(16-7-5-10-20-12-16)25(23,24)17-11-14(2)8-9-15(17)3/h5,7-12,18H,4,6,13H2,1-3H3,(H,21,22)/t18-/m0/s1. The highest BCUT2D eigenvalue weighted by Crippen LogP contribution is 2.30. The van der Waals surface area contributed by atoms with Gasteiger partial charge in [-0.05, 0) is 49.1 Å². The van der Waals surface area contributed by atoms with Crippen molar-refractivity contribution in [3.63, 3.8) is 0 Å². The van der Waals surface area contributed by atoms with Crippen molar-refractivity contribution >= 4 is 15.7 Å². The molecule has 0 fully saturated rings. The molecule has 1 aromatic carbocycles. The molecular formula is C19H24N2O3S. The molecule has 0 spiro atoms. The number of sulfone groups is 1. The Morgan fingerprint density at radius 1 is 1.24 bits per heavy atom. The van der Waals surface area contributed by atoms with Gasteiger partial charge in [-0.1, -0.05) is 25.1 Å². The molecule has 5 nitrogen and oxygen atoms in total. The van der Waals surface area contributed by atoms with Crippen LogP contribution in [0.4, 0.5) is 0 Å². The van der Waals surface area contributed by atoms with Gasteiger partial charge in [0.15, 0.2) is 9.84 Å². The number of benzene rings is 1. The Morgan fingerprint density at radius 2 is 2.00 bits per heavy atom. The van der Waals surface area contributed by atoms with E-state index in [0.717, 1.165) is 5.56 Å². The van der Waals surface area contributed by atoms with Gasteiger partial charge in [-0.15, -0.1) is 0 Å². The summed E-state index contributed by atoms with van der Waals surface area (Å²) in [7, 11) is -3.67. The maximum atomic E-state index is 13.3. The van der Waals surface area contributed by atoms with Gasteiger partial charge in [0.1, 0.15) is 5.25 Å². The van der Waals surface area contributed by atoms with Gasteiger partial charge < -0.3 is 5.32 Å². The lowest BCUT2D eigenvalue weighted by Crippen LogP contribution is -2.32. The molecule has 2 rings (SSSR count). The zero-order chi connectivity index (χ0) is 18.4. The van der Waals surface area contributed by atoms with E-state index in [2.05, 4.69) is 10.3 Å². The lowest BCUT2D eigenvalue weighted by molar-refractivity contribution is -0.121. The highest BCUT2D eigenvalue weighted by atomic mass is 32.2. The maximum absolute atomic E-state index is 13.3. The molecule has 0 unspecified atom stereocenters. The summed E-state index contributed by atoms with van der Waals surface area (Å²) in [6.45, 7) is 5.58. The molecule has 25 heavy (non-hydrogen) atoms. The van der Waals surface area contributed by atoms with Crippen LogP contribution in [0.15, 0.2) is 47.6 Å². The summed E-state index contributed by atoms with van der Waals surface area (Å²) < 4.78 is 26.6. The monoisotopic (exact) mass is 360 g/mol. The van der Waals surface area contributed by atoms with Crippen LogP contribution in [-0.4, -0.2) is 25.9 Å². The van der Waals surface area contributed by atoms with Crippen LogP contribution in [0, 0.1) is 13.8 Å². The molecule has 6 heteroatoms. The van der Waals surface area contributed by atoms with Crippen LogP contribution in [0.2, 0.25) is 0 Å². The first kappa shape index (κ1) is 19.1. The van der Waals surface area contributed by atoms with Gasteiger partial charge in [-0.2, -0.15) is 0 Å². The second kappa shape index (κ2) is 8.25. The maximum Gasteiger partial charge on any atom is 0.220 e. The Labute approximate surface area is 149 Å². The SMILES string of the molecule is CCCC(=O)NC[C@@H](c1cccnc1)S(=O)(=O)c1cc(C)ccc1C. The number of aryl methyl sites for hydroxylation is 2. The van der Waals surface area contributed by atoms with Gasteiger partial charge >= 0.3 is 0 Å². The highest BCUT2D eigenvalue weighted by Gasteiger charge is 2.31. The van der Waals surface area contributed by atoms with Crippen molar-refractivity contribution in [2.75, 3.05) is 6.54 Å². The van der Waals surface area contributed by atoms with Gasteiger partial charge in [0, 0.05) is 25.4 Å². The average Bonchev–Trinajstić information content (AvgIpc) is 2.58. The van der Waals surface area contributed by atoms with E-state index in [1.165, 1.54) is 0 Å². The van der Waals surface area contributed by atoms with E-state index in [1.54, 1.807) is 43.6 Å². The number of amides is 1. The minimum atomic E-state index is -3.67. The van der Waals surface area contributed by atoms with Crippen molar-refractivity contribution in [2.45, 2.75) is 43.8 Å². The third-order valence-electron chi connectivity index (χ3n) is 4.04. The molecule has 0 saturated carbocycles. The summed E-state index contributed by atoms with van der Waals surface area (Å²) in [6, 6.07) is 8.80. The fourth-order valence-corrected chi connectivity index (χ4v) is 4.64. The summed E-state index contributed by atoms with van der Waals surface area (Å²) in [5, 5.41) is 1.87. The zero-order valence-corrected chi connectivity index (χ0v) is 15.6. The number of nitrogens with one attached hydrogen (secondary N) is 1. The number of hydrogen-bond acceptors (Lipinski definition) is 4. The topological polar surface area (TPSA) is 76.1 Å². The quantitative estimate of drug-likeness (QED) is 0.823. The second-order valence-electron chi connectivity index (χ2n) is 6.14. The predicted octanol–water partition coefficient (Wildman–Crippen LogP) is 3.13. The summed E-state index contributed by atoms with van der Waals surface area (Å²) in [4.78, 5) is 16.2. The minimum Gasteiger partial charge on any atom is -0.354 e. The summed E-state index contributed by atoms with van der Waals surface area (Å²) in [5.74, 6) is -0.146. The van der Waals surface area contributed by atoms with Crippen LogP contribution < -0.4 is 5.32 Å². The molecule has 0 radical (unpaired) electrons. The third-order valence-corrected chi connectivity index (χ3v) is 6.28. The third kappa shape index (κ3) is 4.66. The second-order valence-corrected chi connectivity index (χ2v) is 8.24. The largest absolute Gasteiger partial charge is 0.354 e. The van der Waals surface area contributed by atoms with Crippen molar-refractivity contribution < 1.29 is 13.2 Å². The Morgan fingerprint density at radius 3 is 2.64 bits per heavy atom. The Balaban J connectivity index is 2.43. The molecule has 134 valence electrons. The summed E-state index contributed by atoms with van der Waals surface area (Å²) >= 11 is 0. The molecule has 1 atom stereocenters. The normalized spacial score (nSPS) is 12.6. The van der Waals surface area contributed by atoms with E-state index in [4.69, 9.17) is 0 Å². The van der Waals surface area contributed by atoms with E-state index in [-0.39, 0.29) is 12.5 Å². The molecule has 0 aliphatic heterocycles. The van der Waals surface area contributed by atoms with Crippen LogP contribution in [0.1, 0.15) is 41.7 Å². The Bertz CT molecular complexity index is 833. The van der Waals surface area contributed by atoms with E-state index in [9.17, 15) is 13.2 Å². The zero-order valence-electron chi connectivity index (χ0n) is 14.8. The first-order valence-electron chi connectivity index (χ1n) is 8.34. The Kier molecular flexibility index (Phi) is 6.31. The highest BCUT2D eigenvalue weighted by molar-refractivity contribution is 7.91. The van der Waals surface area contributed by atoms with Crippen LogP contribution in [-0.2, 0) is 14.6 Å². The number of hydrogen-bond donors (Lipinski definition) is 1.